The van der Waals surface area contributed by atoms with Crippen molar-refractivity contribution >= 4 is 27.9 Å². The van der Waals surface area contributed by atoms with Gasteiger partial charge in [0.25, 0.3) is 5.69 Å². The quantitative estimate of drug-likeness (QED) is 0.309. The summed E-state index contributed by atoms with van der Waals surface area (Å²) in [6, 6.07) is 9.62. The molecule has 5 nitrogen and oxygen atoms in total. The lowest BCUT2D eigenvalue weighted by atomic mass is 10.1. The lowest BCUT2D eigenvalue weighted by Gasteiger charge is -2.13. The zero-order valence-electron chi connectivity index (χ0n) is 12.2. The molecule has 0 bridgehead atoms. The van der Waals surface area contributed by atoms with E-state index in [9.17, 15) is 14.9 Å². The fraction of sp³-hybridized carbons (Fsp3) is 0.118. The molecule has 0 spiro atoms. The first-order valence-electron chi connectivity index (χ1n) is 6.79. The lowest BCUT2D eigenvalue weighted by molar-refractivity contribution is -0.384. The minimum Gasteiger partial charge on any atom is -0.487 e. The van der Waals surface area contributed by atoms with Gasteiger partial charge in [-0.05, 0) is 57.7 Å². The molecule has 0 saturated heterocycles. The van der Waals surface area contributed by atoms with Gasteiger partial charge in [0.2, 0.25) is 0 Å². The molecule has 0 saturated carbocycles. The molecule has 2 rings (SSSR count). The number of rotatable bonds is 7. The van der Waals surface area contributed by atoms with E-state index in [-0.39, 0.29) is 12.3 Å². The number of nitro benzene ring substituents is 1. The normalized spacial score (nSPS) is 10.1. The van der Waals surface area contributed by atoms with E-state index in [2.05, 4.69) is 22.5 Å². The van der Waals surface area contributed by atoms with Crippen LogP contribution in [0.3, 0.4) is 0 Å². The van der Waals surface area contributed by atoms with E-state index in [0.717, 1.165) is 17.4 Å². The van der Waals surface area contributed by atoms with Gasteiger partial charge >= 0.3 is 0 Å². The summed E-state index contributed by atoms with van der Waals surface area (Å²) in [6.07, 6.45) is 3.07. The maximum Gasteiger partial charge on any atom is 0.269 e. The van der Waals surface area contributed by atoms with Crippen LogP contribution in [0.5, 0.6) is 5.75 Å². The van der Waals surface area contributed by atoms with Gasteiger partial charge in [-0.3, -0.25) is 14.9 Å². The fourth-order valence-corrected chi connectivity index (χ4v) is 2.71. The van der Waals surface area contributed by atoms with Crippen molar-refractivity contribution in [2.75, 3.05) is 0 Å². The van der Waals surface area contributed by atoms with Crippen LogP contribution < -0.4 is 4.74 Å². The molecule has 118 valence electrons. The van der Waals surface area contributed by atoms with Crippen LogP contribution in [0.1, 0.15) is 21.5 Å². The Hall–Kier alpha value is -2.47. The highest BCUT2D eigenvalue weighted by Crippen LogP contribution is 2.32. The molecule has 0 aliphatic carbocycles. The first kappa shape index (κ1) is 16.9. The molecular formula is C17H14BrNO4. The van der Waals surface area contributed by atoms with Gasteiger partial charge in [-0.25, -0.2) is 0 Å². The van der Waals surface area contributed by atoms with Crippen LogP contribution in [0, 0.1) is 10.1 Å². The number of nitro groups is 1. The maximum absolute atomic E-state index is 11.0. The van der Waals surface area contributed by atoms with Gasteiger partial charge in [-0.15, -0.1) is 6.58 Å². The molecule has 0 aromatic heterocycles. The molecule has 2 aromatic carbocycles. The van der Waals surface area contributed by atoms with Gasteiger partial charge in [-0.2, -0.15) is 0 Å². The summed E-state index contributed by atoms with van der Waals surface area (Å²) in [6.45, 7) is 3.97. The number of hydrogen-bond donors (Lipinski definition) is 0. The number of hydrogen-bond acceptors (Lipinski definition) is 4. The largest absolute Gasteiger partial charge is 0.487 e. The summed E-state index contributed by atoms with van der Waals surface area (Å²) in [5.74, 6) is 0.633. The number of ether oxygens (including phenoxy) is 1. The molecule has 6 heteroatoms. The molecule has 0 aliphatic rings. The second-order valence-electron chi connectivity index (χ2n) is 4.81. The maximum atomic E-state index is 11.0. The van der Waals surface area contributed by atoms with Gasteiger partial charge in [0.05, 0.1) is 9.40 Å². The van der Waals surface area contributed by atoms with Crippen LogP contribution in [0.25, 0.3) is 0 Å². The van der Waals surface area contributed by atoms with E-state index in [1.807, 2.05) is 0 Å². The number of carbonyl (C=O) groups excluding carboxylic acids is 1. The van der Waals surface area contributed by atoms with Gasteiger partial charge in [0, 0.05) is 17.7 Å². The van der Waals surface area contributed by atoms with Crippen molar-refractivity contribution in [1.29, 1.82) is 0 Å². The Labute approximate surface area is 141 Å². The zero-order chi connectivity index (χ0) is 16.8. The van der Waals surface area contributed by atoms with Crippen molar-refractivity contribution in [3.05, 3.63) is 80.3 Å². The standard InChI is InChI=1S/C17H14BrNO4/c1-2-3-14-8-13(10-20)9-16(18)17(14)23-11-12-4-6-15(7-5-12)19(21)22/h2,4-10H,1,3,11H2. The molecule has 0 aliphatic heterocycles. The average molecular weight is 376 g/mol. The molecule has 23 heavy (non-hydrogen) atoms. The first-order valence-corrected chi connectivity index (χ1v) is 7.59. The van der Waals surface area contributed by atoms with Crippen molar-refractivity contribution in [2.24, 2.45) is 0 Å². The van der Waals surface area contributed by atoms with E-state index in [1.165, 1.54) is 12.1 Å². The first-order chi connectivity index (χ1) is 11.0. The Kier molecular flexibility index (Phi) is 5.65. The van der Waals surface area contributed by atoms with E-state index in [1.54, 1.807) is 30.3 Å². The van der Waals surface area contributed by atoms with Crippen molar-refractivity contribution in [1.82, 2.24) is 0 Å². The Morgan fingerprint density at radius 2 is 1.96 bits per heavy atom. The third kappa shape index (κ3) is 4.26. The zero-order valence-corrected chi connectivity index (χ0v) is 13.8. The molecule has 0 unspecified atom stereocenters. The van der Waals surface area contributed by atoms with Crippen LogP contribution in [-0.4, -0.2) is 11.2 Å². The molecule has 0 N–H and O–H groups in total. The van der Waals surface area contributed by atoms with Crippen LogP contribution >= 0.6 is 15.9 Å². The van der Waals surface area contributed by atoms with Crippen LogP contribution in [0.2, 0.25) is 0 Å². The van der Waals surface area contributed by atoms with Gasteiger partial charge < -0.3 is 4.74 Å². The predicted octanol–water partition coefficient (Wildman–Crippen LogP) is 4.48. The molecular weight excluding hydrogens is 362 g/mol. The number of allylic oxidation sites excluding steroid dienone is 1. The number of nitrogens with zero attached hydrogens (tertiary/aromatic N) is 1. The molecule has 0 radical (unpaired) electrons. The number of non-ortho nitro benzene ring substituents is 1. The summed E-state index contributed by atoms with van der Waals surface area (Å²) in [5, 5.41) is 10.6. The average Bonchev–Trinajstić information content (AvgIpc) is 2.54. The Bertz CT molecular complexity index is 741. The Morgan fingerprint density at radius 3 is 2.52 bits per heavy atom. The van der Waals surface area contributed by atoms with Crippen LogP contribution in [-0.2, 0) is 13.0 Å². The second-order valence-corrected chi connectivity index (χ2v) is 5.67. The highest BCUT2D eigenvalue weighted by atomic mass is 79.9. The van der Waals surface area contributed by atoms with Crippen molar-refractivity contribution in [2.45, 2.75) is 13.0 Å². The fourth-order valence-electron chi connectivity index (χ4n) is 2.08. The number of carbonyl (C=O) groups is 1. The number of benzene rings is 2. The minimum atomic E-state index is -0.443. The molecule has 0 atom stereocenters. The second kappa shape index (κ2) is 7.69. The highest BCUT2D eigenvalue weighted by Gasteiger charge is 2.11. The van der Waals surface area contributed by atoms with Crippen molar-refractivity contribution in [3.8, 4) is 5.75 Å². The number of halogens is 1. The SMILES string of the molecule is C=CCc1cc(C=O)cc(Br)c1OCc1ccc([N+](=O)[O-])cc1. The van der Waals surface area contributed by atoms with Crippen LogP contribution in [0.4, 0.5) is 5.69 Å². The molecule has 2 aromatic rings. The third-order valence-electron chi connectivity index (χ3n) is 3.17. The smallest absolute Gasteiger partial charge is 0.269 e. The minimum absolute atomic E-state index is 0.0395. The Balaban J connectivity index is 2.20. The molecule has 0 fully saturated rings. The summed E-state index contributed by atoms with van der Waals surface area (Å²) < 4.78 is 6.51. The summed E-state index contributed by atoms with van der Waals surface area (Å²) >= 11 is 3.41. The third-order valence-corrected chi connectivity index (χ3v) is 3.76. The van der Waals surface area contributed by atoms with Gasteiger partial charge in [-0.1, -0.05) is 6.08 Å². The van der Waals surface area contributed by atoms with E-state index < -0.39 is 4.92 Å². The monoisotopic (exact) mass is 375 g/mol. The molecule has 0 heterocycles. The van der Waals surface area contributed by atoms with Crippen LogP contribution in [0.15, 0.2) is 53.5 Å². The van der Waals surface area contributed by atoms with E-state index >= 15 is 0 Å². The lowest BCUT2D eigenvalue weighted by Crippen LogP contribution is -2.01. The summed E-state index contributed by atoms with van der Waals surface area (Å²) in [7, 11) is 0. The van der Waals surface area contributed by atoms with Gasteiger partial charge in [0.1, 0.15) is 18.6 Å². The molecule has 0 amide bonds. The number of aldehydes is 1. The predicted molar refractivity (Wildman–Crippen MR) is 90.9 cm³/mol. The van der Waals surface area contributed by atoms with Crippen molar-refractivity contribution in [3.63, 3.8) is 0 Å². The summed E-state index contributed by atoms with van der Waals surface area (Å²) in [4.78, 5) is 21.2. The van der Waals surface area contributed by atoms with E-state index in [4.69, 9.17) is 4.74 Å². The highest BCUT2D eigenvalue weighted by molar-refractivity contribution is 9.10. The topological polar surface area (TPSA) is 69.4 Å². The van der Waals surface area contributed by atoms with Gasteiger partial charge in [0.15, 0.2) is 0 Å². The van der Waals surface area contributed by atoms with Crippen molar-refractivity contribution < 1.29 is 14.5 Å². The summed E-state index contributed by atoms with van der Waals surface area (Å²) in [5.41, 5.74) is 2.25. The van der Waals surface area contributed by atoms with E-state index in [0.29, 0.717) is 22.2 Å². The Morgan fingerprint density at radius 1 is 1.26 bits per heavy atom.